The van der Waals surface area contributed by atoms with Crippen LogP contribution in [0.5, 0.6) is 0 Å². The molecular formula is C15H22ClN3S. The summed E-state index contributed by atoms with van der Waals surface area (Å²) in [4.78, 5) is 2.50. The molecule has 110 valence electrons. The molecule has 0 saturated carbocycles. The second-order valence-electron chi connectivity index (χ2n) is 5.22. The molecule has 1 aliphatic heterocycles. The minimum atomic E-state index is 0.598. The van der Waals surface area contributed by atoms with Crippen LogP contribution in [0.3, 0.4) is 0 Å². The van der Waals surface area contributed by atoms with Gasteiger partial charge in [0, 0.05) is 23.3 Å². The van der Waals surface area contributed by atoms with E-state index in [2.05, 4.69) is 22.5 Å². The molecule has 2 rings (SSSR count). The van der Waals surface area contributed by atoms with Crippen molar-refractivity contribution in [1.82, 2.24) is 10.2 Å². The Labute approximate surface area is 131 Å². The average molecular weight is 312 g/mol. The summed E-state index contributed by atoms with van der Waals surface area (Å²) in [7, 11) is 0. The molecule has 1 saturated heterocycles. The van der Waals surface area contributed by atoms with Crippen LogP contribution in [0.2, 0.25) is 5.02 Å². The molecule has 2 N–H and O–H groups in total. The number of nitrogens with one attached hydrogen (secondary N) is 2. The first-order valence-corrected chi connectivity index (χ1v) is 7.94. The fraction of sp³-hybridized carbons (Fsp3) is 0.533. The Morgan fingerprint density at radius 2 is 2.30 bits per heavy atom. The lowest BCUT2D eigenvalue weighted by molar-refractivity contribution is 0.267. The van der Waals surface area contributed by atoms with Crippen molar-refractivity contribution in [2.24, 2.45) is 0 Å². The van der Waals surface area contributed by atoms with E-state index >= 15 is 0 Å². The van der Waals surface area contributed by atoms with Crippen molar-refractivity contribution < 1.29 is 0 Å². The Morgan fingerprint density at radius 1 is 1.50 bits per heavy atom. The van der Waals surface area contributed by atoms with Crippen molar-refractivity contribution >= 4 is 34.6 Å². The standard InChI is InChI=1S/C15H22ClN3S/c1-3-19-8-4-5-13(19)10-17-15(20)18-12-7-6-11(2)14(16)9-12/h6-7,9,13H,3-5,8,10H2,1-2H3,(H2,17,18,20)/t13-/m1/s1. The molecule has 0 spiro atoms. The van der Waals surface area contributed by atoms with Gasteiger partial charge in [-0.15, -0.1) is 0 Å². The van der Waals surface area contributed by atoms with E-state index in [4.69, 9.17) is 23.8 Å². The van der Waals surface area contributed by atoms with Gasteiger partial charge in [0.2, 0.25) is 0 Å². The summed E-state index contributed by atoms with van der Waals surface area (Å²) in [6.45, 7) is 7.42. The lowest BCUT2D eigenvalue weighted by atomic mass is 10.2. The van der Waals surface area contributed by atoms with Crippen molar-refractivity contribution in [2.75, 3.05) is 25.0 Å². The van der Waals surface area contributed by atoms with Crippen LogP contribution in [0.4, 0.5) is 5.69 Å². The highest BCUT2D eigenvalue weighted by Crippen LogP contribution is 2.20. The first-order chi connectivity index (χ1) is 9.60. The fourth-order valence-electron chi connectivity index (χ4n) is 2.60. The van der Waals surface area contributed by atoms with Crippen LogP contribution in [0.15, 0.2) is 18.2 Å². The molecule has 0 amide bonds. The summed E-state index contributed by atoms with van der Waals surface area (Å²) in [6, 6.07) is 6.48. The zero-order chi connectivity index (χ0) is 14.5. The van der Waals surface area contributed by atoms with Gasteiger partial charge in [0.05, 0.1) is 0 Å². The zero-order valence-corrected chi connectivity index (χ0v) is 13.7. The third kappa shape index (κ3) is 4.08. The van der Waals surface area contributed by atoms with Gasteiger partial charge < -0.3 is 10.6 Å². The van der Waals surface area contributed by atoms with Crippen molar-refractivity contribution in [2.45, 2.75) is 32.7 Å². The second-order valence-corrected chi connectivity index (χ2v) is 6.04. The topological polar surface area (TPSA) is 27.3 Å². The van der Waals surface area contributed by atoms with Gasteiger partial charge in [-0.2, -0.15) is 0 Å². The summed E-state index contributed by atoms with van der Waals surface area (Å²) >= 11 is 11.4. The minimum Gasteiger partial charge on any atom is -0.361 e. The zero-order valence-electron chi connectivity index (χ0n) is 12.1. The molecular weight excluding hydrogens is 290 g/mol. The van der Waals surface area contributed by atoms with Crippen LogP contribution in [0.1, 0.15) is 25.3 Å². The first kappa shape index (κ1) is 15.5. The summed E-state index contributed by atoms with van der Waals surface area (Å²) in [6.07, 6.45) is 2.54. The van der Waals surface area contributed by atoms with Crippen LogP contribution >= 0.6 is 23.8 Å². The van der Waals surface area contributed by atoms with Crippen molar-refractivity contribution in [3.05, 3.63) is 28.8 Å². The molecule has 0 aromatic heterocycles. The number of hydrogen-bond acceptors (Lipinski definition) is 2. The SMILES string of the molecule is CCN1CCC[C@@H]1CNC(=S)Nc1ccc(C)c(Cl)c1. The van der Waals surface area contributed by atoms with Gasteiger partial charge in [0.15, 0.2) is 5.11 Å². The number of thiocarbonyl (C=S) groups is 1. The molecule has 1 aliphatic rings. The molecule has 1 atom stereocenters. The van der Waals surface area contributed by atoms with Gasteiger partial charge in [-0.1, -0.05) is 24.6 Å². The Hall–Kier alpha value is -0.840. The normalized spacial score (nSPS) is 19.1. The maximum atomic E-state index is 6.11. The quantitative estimate of drug-likeness (QED) is 0.833. The number of halogens is 1. The highest BCUT2D eigenvalue weighted by molar-refractivity contribution is 7.80. The number of likely N-dealkylation sites (N-methyl/N-ethyl adjacent to an activating group) is 1. The van der Waals surface area contributed by atoms with Crippen LogP contribution in [0.25, 0.3) is 0 Å². The molecule has 5 heteroatoms. The van der Waals surface area contributed by atoms with E-state index in [0.29, 0.717) is 11.2 Å². The molecule has 0 bridgehead atoms. The fourth-order valence-corrected chi connectivity index (χ4v) is 2.98. The Morgan fingerprint density at radius 3 is 3.00 bits per heavy atom. The summed E-state index contributed by atoms with van der Waals surface area (Å²) in [5.41, 5.74) is 2.00. The summed E-state index contributed by atoms with van der Waals surface area (Å²) in [5, 5.41) is 7.91. The lowest BCUT2D eigenvalue weighted by Gasteiger charge is -2.23. The van der Waals surface area contributed by atoms with E-state index in [-0.39, 0.29) is 0 Å². The molecule has 1 aromatic carbocycles. The van der Waals surface area contributed by atoms with E-state index in [1.54, 1.807) is 0 Å². The second kappa shape index (κ2) is 7.25. The number of benzene rings is 1. The van der Waals surface area contributed by atoms with Crippen LogP contribution in [-0.4, -0.2) is 35.7 Å². The minimum absolute atomic E-state index is 0.598. The van der Waals surface area contributed by atoms with Gasteiger partial charge in [-0.05, 0) is 62.8 Å². The molecule has 0 unspecified atom stereocenters. The van der Waals surface area contributed by atoms with E-state index in [0.717, 1.165) is 29.4 Å². The molecule has 20 heavy (non-hydrogen) atoms. The molecule has 3 nitrogen and oxygen atoms in total. The molecule has 0 aliphatic carbocycles. The van der Waals surface area contributed by atoms with Crippen LogP contribution in [0, 0.1) is 6.92 Å². The average Bonchev–Trinajstić information content (AvgIpc) is 2.88. The predicted molar refractivity (Wildman–Crippen MR) is 90.7 cm³/mol. The van der Waals surface area contributed by atoms with E-state index in [1.807, 2.05) is 25.1 Å². The Balaban J connectivity index is 1.81. The molecule has 0 radical (unpaired) electrons. The van der Waals surface area contributed by atoms with Gasteiger partial charge >= 0.3 is 0 Å². The molecule has 1 aromatic rings. The monoisotopic (exact) mass is 311 g/mol. The summed E-state index contributed by atoms with van der Waals surface area (Å²) in [5.74, 6) is 0. The number of anilines is 1. The van der Waals surface area contributed by atoms with Crippen LogP contribution < -0.4 is 10.6 Å². The number of hydrogen-bond donors (Lipinski definition) is 2. The molecule has 1 fully saturated rings. The third-order valence-corrected chi connectivity index (χ3v) is 4.49. The number of nitrogens with zero attached hydrogens (tertiary/aromatic N) is 1. The Kier molecular flexibility index (Phi) is 5.64. The van der Waals surface area contributed by atoms with Crippen molar-refractivity contribution in [1.29, 1.82) is 0 Å². The number of rotatable bonds is 4. The van der Waals surface area contributed by atoms with Crippen molar-refractivity contribution in [3.63, 3.8) is 0 Å². The lowest BCUT2D eigenvalue weighted by Crippen LogP contribution is -2.41. The maximum absolute atomic E-state index is 6.11. The predicted octanol–water partition coefficient (Wildman–Crippen LogP) is 3.42. The van der Waals surface area contributed by atoms with Gasteiger partial charge in [-0.25, -0.2) is 0 Å². The van der Waals surface area contributed by atoms with Gasteiger partial charge in [0.1, 0.15) is 0 Å². The maximum Gasteiger partial charge on any atom is 0.170 e. The van der Waals surface area contributed by atoms with E-state index in [1.165, 1.54) is 19.4 Å². The summed E-state index contributed by atoms with van der Waals surface area (Å²) < 4.78 is 0. The highest BCUT2D eigenvalue weighted by atomic mass is 35.5. The van der Waals surface area contributed by atoms with E-state index < -0.39 is 0 Å². The van der Waals surface area contributed by atoms with Crippen molar-refractivity contribution in [3.8, 4) is 0 Å². The van der Waals surface area contributed by atoms with E-state index in [9.17, 15) is 0 Å². The largest absolute Gasteiger partial charge is 0.361 e. The third-order valence-electron chi connectivity index (χ3n) is 3.83. The number of likely N-dealkylation sites (tertiary alicyclic amines) is 1. The Bertz CT molecular complexity index is 478. The van der Waals surface area contributed by atoms with Gasteiger partial charge in [-0.3, -0.25) is 4.90 Å². The highest BCUT2D eigenvalue weighted by Gasteiger charge is 2.22. The number of aryl methyl sites for hydroxylation is 1. The van der Waals surface area contributed by atoms with Crippen LogP contribution in [-0.2, 0) is 0 Å². The smallest absolute Gasteiger partial charge is 0.170 e. The molecule has 1 heterocycles. The first-order valence-electron chi connectivity index (χ1n) is 7.15. The van der Waals surface area contributed by atoms with Gasteiger partial charge in [0.25, 0.3) is 0 Å².